The zero-order valence-electron chi connectivity index (χ0n) is 11.3. The van der Waals surface area contributed by atoms with Gasteiger partial charge in [-0.05, 0) is 6.42 Å². The van der Waals surface area contributed by atoms with Crippen molar-refractivity contribution in [2.75, 3.05) is 26.4 Å². The second-order valence-electron chi connectivity index (χ2n) is 4.80. The average Bonchev–Trinajstić information content (AvgIpc) is 2.49. The first-order valence-electron chi connectivity index (χ1n) is 6.81. The van der Waals surface area contributed by atoms with E-state index in [9.17, 15) is 9.90 Å². The third kappa shape index (κ3) is 3.21. The highest BCUT2D eigenvalue weighted by atomic mass is 16.5. The van der Waals surface area contributed by atoms with Gasteiger partial charge in [-0.15, -0.1) is 0 Å². The van der Waals surface area contributed by atoms with E-state index in [4.69, 9.17) is 4.74 Å². The standard InChI is InChI=1S/C15H21NO3/c1-2-14(15(18)12-6-4-3-5-7-12)16-8-9-19-11-13(16)10-17/h3-7,13-14,17H,2,8-11H2,1H3. The van der Waals surface area contributed by atoms with Crippen LogP contribution in [0.15, 0.2) is 30.3 Å². The van der Waals surface area contributed by atoms with Gasteiger partial charge in [0.05, 0.1) is 31.9 Å². The molecule has 1 aliphatic heterocycles. The van der Waals surface area contributed by atoms with Crippen molar-refractivity contribution in [3.8, 4) is 0 Å². The van der Waals surface area contributed by atoms with Gasteiger partial charge in [-0.2, -0.15) is 0 Å². The van der Waals surface area contributed by atoms with E-state index in [1.807, 2.05) is 37.3 Å². The van der Waals surface area contributed by atoms with Crippen LogP contribution < -0.4 is 0 Å². The lowest BCUT2D eigenvalue weighted by Gasteiger charge is -2.39. The fraction of sp³-hybridized carbons (Fsp3) is 0.533. The second-order valence-corrected chi connectivity index (χ2v) is 4.80. The zero-order chi connectivity index (χ0) is 13.7. The number of ether oxygens (including phenoxy) is 1. The molecule has 1 aliphatic rings. The molecule has 1 aromatic carbocycles. The maximum atomic E-state index is 12.6. The first-order chi connectivity index (χ1) is 9.27. The van der Waals surface area contributed by atoms with E-state index in [2.05, 4.69) is 4.90 Å². The summed E-state index contributed by atoms with van der Waals surface area (Å²) in [6, 6.07) is 9.10. The van der Waals surface area contributed by atoms with Crippen LogP contribution in [0.25, 0.3) is 0 Å². The largest absolute Gasteiger partial charge is 0.395 e. The van der Waals surface area contributed by atoms with E-state index < -0.39 is 0 Å². The van der Waals surface area contributed by atoms with Gasteiger partial charge in [0.25, 0.3) is 0 Å². The van der Waals surface area contributed by atoms with E-state index in [1.54, 1.807) is 0 Å². The van der Waals surface area contributed by atoms with E-state index in [0.29, 0.717) is 19.8 Å². The lowest BCUT2D eigenvalue weighted by molar-refractivity contribution is -0.0423. The molecule has 4 heteroatoms. The Kier molecular flexibility index (Phi) is 5.07. The van der Waals surface area contributed by atoms with E-state index >= 15 is 0 Å². The Morgan fingerprint density at radius 3 is 2.84 bits per heavy atom. The van der Waals surface area contributed by atoms with Crippen LogP contribution in [0.5, 0.6) is 0 Å². The number of aliphatic hydroxyl groups excluding tert-OH is 1. The molecule has 19 heavy (non-hydrogen) atoms. The maximum Gasteiger partial charge on any atom is 0.179 e. The molecule has 0 aliphatic carbocycles. The summed E-state index contributed by atoms with van der Waals surface area (Å²) < 4.78 is 5.37. The average molecular weight is 263 g/mol. The van der Waals surface area contributed by atoms with Crippen LogP contribution >= 0.6 is 0 Å². The van der Waals surface area contributed by atoms with E-state index in [0.717, 1.165) is 12.0 Å². The number of ketones is 1. The fourth-order valence-electron chi connectivity index (χ4n) is 2.60. The monoisotopic (exact) mass is 263 g/mol. The Balaban J connectivity index is 2.16. The van der Waals surface area contributed by atoms with Crippen molar-refractivity contribution in [2.24, 2.45) is 0 Å². The van der Waals surface area contributed by atoms with Crippen LogP contribution in [-0.2, 0) is 4.74 Å². The normalized spacial score (nSPS) is 22.1. The van der Waals surface area contributed by atoms with Gasteiger partial charge in [0.15, 0.2) is 5.78 Å². The van der Waals surface area contributed by atoms with Gasteiger partial charge in [-0.25, -0.2) is 0 Å². The Labute approximate surface area is 114 Å². The molecule has 1 aromatic rings. The molecule has 1 N–H and O–H groups in total. The molecule has 2 atom stereocenters. The summed E-state index contributed by atoms with van der Waals surface area (Å²) in [6.45, 7) is 3.85. The van der Waals surface area contributed by atoms with Gasteiger partial charge in [-0.3, -0.25) is 9.69 Å². The second kappa shape index (κ2) is 6.80. The lowest BCUT2D eigenvalue weighted by atomic mass is 9.99. The molecule has 0 spiro atoms. The molecule has 104 valence electrons. The van der Waals surface area contributed by atoms with Gasteiger partial charge in [0, 0.05) is 12.1 Å². The molecular formula is C15H21NO3. The summed E-state index contributed by atoms with van der Waals surface area (Å²) in [7, 11) is 0. The quantitative estimate of drug-likeness (QED) is 0.815. The number of carbonyl (C=O) groups excluding carboxylic acids is 1. The smallest absolute Gasteiger partial charge is 0.179 e. The van der Waals surface area contributed by atoms with Crippen molar-refractivity contribution in [1.29, 1.82) is 0 Å². The Bertz CT molecular complexity index is 407. The third-order valence-corrected chi connectivity index (χ3v) is 3.63. The number of rotatable bonds is 5. The number of benzene rings is 1. The van der Waals surface area contributed by atoms with Crippen molar-refractivity contribution in [1.82, 2.24) is 4.90 Å². The van der Waals surface area contributed by atoms with Gasteiger partial charge in [-0.1, -0.05) is 37.3 Å². The SMILES string of the molecule is CCC(C(=O)c1ccccc1)N1CCOCC1CO. The highest BCUT2D eigenvalue weighted by Gasteiger charge is 2.32. The van der Waals surface area contributed by atoms with Crippen molar-refractivity contribution >= 4 is 5.78 Å². The number of carbonyl (C=O) groups is 1. The van der Waals surface area contributed by atoms with Crippen LogP contribution in [0.4, 0.5) is 0 Å². The van der Waals surface area contributed by atoms with E-state index in [-0.39, 0.29) is 24.5 Å². The lowest BCUT2D eigenvalue weighted by Crippen LogP contribution is -2.54. The summed E-state index contributed by atoms with van der Waals surface area (Å²) in [6.07, 6.45) is 0.740. The van der Waals surface area contributed by atoms with Crippen molar-refractivity contribution in [3.63, 3.8) is 0 Å². The van der Waals surface area contributed by atoms with Crippen LogP contribution in [0.2, 0.25) is 0 Å². The molecular weight excluding hydrogens is 242 g/mol. The van der Waals surface area contributed by atoms with Crippen molar-refractivity contribution in [2.45, 2.75) is 25.4 Å². The van der Waals surface area contributed by atoms with Gasteiger partial charge >= 0.3 is 0 Å². The molecule has 0 saturated carbocycles. The Morgan fingerprint density at radius 2 is 2.21 bits per heavy atom. The van der Waals surface area contributed by atoms with Crippen LogP contribution in [0, 0.1) is 0 Å². The molecule has 2 unspecified atom stereocenters. The maximum absolute atomic E-state index is 12.6. The first kappa shape index (κ1) is 14.2. The minimum absolute atomic E-state index is 0.0264. The molecule has 0 radical (unpaired) electrons. The minimum Gasteiger partial charge on any atom is -0.395 e. The molecule has 1 saturated heterocycles. The molecule has 1 fully saturated rings. The predicted octanol–water partition coefficient (Wildman–Crippen LogP) is 1.34. The summed E-state index contributed by atoms with van der Waals surface area (Å²) >= 11 is 0. The van der Waals surface area contributed by atoms with Gasteiger partial charge < -0.3 is 9.84 Å². The molecule has 4 nitrogen and oxygen atoms in total. The summed E-state index contributed by atoms with van der Waals surface area (Å²) in [5, 5.41) is 9.43. The highest BCUT2D eigenvalue weighted by Crippen LogP contribution is 2.17. The van der Waals surface area contributed by atoms with Crippen LogP contribution in [0.3, 0.4) is 0 Å². The molecule has 1 heterocycles. The van der Waals surface area contributed by atoms with Crippen molar-refractivity contribution < 1.29 is 14.6 Å². The van der Waals surface area contributed by atoms with Gasteiger partial charge in [0.1, 0.15) is 0 Å². The predicted molar refractivity (Wildman–Crippen MR) is 73.3 cm³/mol. The summed E-state index contributed by atoms with van der Waals surface area (Å²) in [4.78, 5) is 14.7. The number of hydrogen-bond donors (Lipinski definition) is 1. The highest BCUT2D eigenvalue weighted by molar-refractivity contribution is 6.00. The molecule has 2 rings (SSSR count). The number of Topliss-reactive ketones (excluding diaryl/α,β-unsaturated/α-hetero) is 1. The van der Waals surface area contributed by atoms with Crippen molar-refractivity contribution in [3.05, 3.63) is 35.9 Å². The Morgan fingerprint density at radius 1 is 1.47 bits per heavy atom. The zero-order valence-corrected chi connectivity index (χ0v) is 11.3. The number of aliphatic hydroxyl groups is 1. The summed E-state index contributed by atoms with van der Waals surface area (Å²) in [5.41, 5.74) is 0.734. The first-order valence-corrected chi connectivity index (χ1v) is 6.81. The summed E-state index contributed by atoms with van der Waals surface area (Å²) in [5.74, 6) is 0.128. The fourth-order valence-corrected chi connectivity index (χ4v) is 2.60. The topological polar surface area (TPSA) is 49.8 Å². The van der Waals surface area contributed by atoms with Crippen LogP contribution in [-0.4, -0.2) is 54.2 Å². The third-order valence-electron chi connectivity index (χ3n) is 3.63. The number of morpholine rings is 1. The number of nitrogens with zero attached hydrogens (tertiary/aromatic N) is 1. The Hall–Kier alpha value is -1.23. The molecule has 0 aromatic heterocycles. The van der Waals surface area contributed by atoms with E-state index in [1.165, 1.54) is 0 Å². The number of hydrogen-bond acceptors (Lipinski definition) is 4. The molecule has 0 amide bonds. The molecule has 0 bridgehead atoms. The van der Waals surface area contributed by atoms with Crippen LogP contribution in [0.1, 0.15) is 23.7 Å². The minimum atomic E-state index is -0.177. The van der Waals surface area contributed by atoms with Gasteiger partial charge in [0.2, 0.25) is 0 Å².